The average Bonchev–Trinajstić information content (AvgIpc) is 2.68. The molecule has 0 bridgehead atoms. The maximum Gasteiger partial charge on any atom is 0.224 e. The summed E-state index contributed by atoms with van der Waals surface area (Å²) in [7, 11) is 1.90. The zero-order valence-electron chi connectivity index (χ0n) is 14.6. The predicted molar refractivity (Wildman–Crippen MR) is 101 cm³/mol. The lowest BCUT2D eigenvalue weighted by molar-refractivity contribution is 0.574. The standard InChI is InChI=1S/C19H27N5/c1-20-19-21-17-14-15(23-10-4-2-5-11-23)8-9-16(17)18(22-19)24-12-6-3-7-13-24/h8-9,14H,2-7,10-13H2,1H3,(H,20,21,22). The summed E-state index contributed by atoms with van der Waals surface area (Å²) in [5, 5.41) is 4.31. The maximum absolute atomic E-state index is 4.78. The van der Waals surface area contributed by atoms with E-state index in [9.17, 15) is 0 Å². The van der Waals surface area contributed by atoms with Crippen molar-refractivity contribution in [3.63, 3.8) is 0 Å². The molecule has 2 aliphatic heterocycles. The van der Waals surface area contributed by atoms with Crippen LogP contribution in [0.1, 0.15) is 38.5 Å². The Morgan fingerprint density at radius 1 is 0.833 bits per heavy atom. The van der Waals surface area contributed by atoms with Gasteiger partial charge in [0.1, 0.15) is 5.82 Å². The van der Waals surface area contributed by atoms with Crippen molar-refractivity contribution >= 4 is 28.4 Å². The summed E-state index contributed by atoms with van der Waals surface area (Å²) in [5.41, 5.74) is 2.35. The molecule has 4 rings (SSSR count). The van der Waals surface area contributed by atoms with Crippen LogP contribution in [0.5, 0.6) is 0 Å². The third kappa shape index (κ3) is 2.99. The van der Waals surface area contributed by atoms with Crippen LogP contribution in [-0.2, 0) is 0 Å². The fourth-order valence-electron chi connectivity index (χ4n) is 3.91. The number of piperidine rings is 2. The first-order valence-electron chi connectivity index (χ1n) is 9.34. The van der Waals surface area contributed by atoms with Gasteiger partial charge < -0.3 is 15.1 Å². The van der Waals surface area contributed by atoms with Gasteiger partial charge in [-0.05, 0) is 56.7 Å². The lowest BCUT2D eigenvalue weighted by atomic mass is 10.1. The lowest BCUT2D eigenvalue weighted by Crippen LogP contribution is -2.31. The molecule has 3 heterocycles. The minimum atomic E-state index is 0.721. The van der Waals surface area contributed by atoms with Crippen LogP contribution in [0.3, 0.4) is 0 Å². The van der Waals surface area contributed by atoms with Crippen LogP contribution in [0.25, 0.3) is 10.9 Å². The number of anilines is 3. The topological polar surface area (TPSA) is 44.3 Å². The highest BCUT2D eigenvalue weighted by Gasteiger charge is 2.18. The van der Waals surface area contributed by atoms with Crippen LogP contribution in [0.2, 0.25) is 0 Å². The SMILES string of the molecule is CNc1nc(N2CCCCC2)c2ccc(N3CCCCC3)cc2n1. The van der Waals surface area contributed by atoms with E-state index in [1.54, 1.807) is 0 Å². The molecule has 1 aromatic carbocycles. The number of hydrogen-bond acceptors (Lipinski definition) is 5. The number of aromatic nitrogens is 2. The number of rotatable bonds is 3. The van der Waals surface area contributed by atoms with Gasteiger partial charge in [-0.3, -0.25) is 0 Å². The van der Waals surface area contributed by atoms with Gasteiger partial charge in [0, 0.05) is 44.3 Å². The second-order valence-corrected chi connectivity index (χ2v) is 6.92. The Morgan fingerprint density at radius 3 is 2.17 bits per heavy atom. The second-order valence-electron chi connectivity index (χ2n) is 6.92. The average molecular weight is 325 g/mol. The molecule has 0 unspecified atom stereocenters. The third-order valence-electron chi connectivity index (χ3n) is 5.26. The maximum atomic E-state index is 4.78. The van der Waals surface area contributed by atoms with Crippen LogP contribution in [0, 0.1) is 0 Å². The van der Waals surface area contributed by atoms with Gasteiger partial charge >= 0.3 is 0 Å². The zero-order chi connectivity index (χ0) is 16.4. The normalized spacial score (nSPS) is 18.9. The molecule has 1 aromatic heterocycles. The van der Waals surface area contributed by atoms with Gasteiger partial charge in [0.05, 0.1) is 5.52 Å². The second kappa shape index (κ2) is 6.83. The molecule has 24 heavy (non-hydrogen) atoms. The lowest BCUT2D eigenvalue weighted by Gasteiger charge is -2.30. The zero-order valence-corrected chi connectivity index (χ0v) is 14.6. The van der Waals surface area contributed by atoms with Crippen LogP contribution in [0.15, 0.2) is 18.2 Å². The van der Waals surface area contributed by atoms with Crippen molar-refractivity contribution in [2.45, 2.75) is 38.5 Å². The molecule has 0 aliphatic carbocycles. The van der Waals surface area contributed by atoms with E-state index >= 15 is 0 Å². The molecule has 5 nitrogen and oxygen atoms in total. The minimum Gasteiger partial charge on any atom is -0.371 e. The van der Waals surface area contributed by atoms with Crippen LogP contribution < -0.4 is 15.1 Å². The van der Waals surface area contributed by atoms with Crippen LogP contribution in [-0.4, -0.2) is 43.2 Å². The molecule has 2 saturated heterocycles. The number of nitrogens with zero attached hydrogens (tertiary/aromatic N) is 4. The Bertz CT molecular complexity index is 702. The molecular formula is C19H27N5. The molecule has 2 fully saturated rings. The van der Waals surface area contributed by atoms with Gasteiger partial charge in [-0.1, -0.05) is 0 Å². The first-order chi connectivity index (χ1) is 11.8. The van der Waals surface area contributed by atoms with Gasteiger partial charge in [0.25, 0.3) is 0 Å². The Balaban J connectivity index is 1.75. The fourth-order valence-corrected chi connectivity index (χ4v) is 3.91. The largest absolute Gasteiger partial charge is 0.371 e. The molecule has 0 amide bonds. The highest BCUT2D eigenvalue weighted by Crippen LogP contribution is 2.31. The van der Waals surface area contributed by atoms with Crippen molar-refractivity contribution < 1.29 is 0 Å². The summed E-state index contributed by atoms with van der Waals surface area (Å²) < 4.78 is 0. The van der Waals surface area contributed by atoms with Crippen molar-refractivity contribution in [3.05, 3.63) is 18.2 Å². The minimum absolute atomic E-state index is 0.721. The number of fused-ring (bicyclic) bond motifs is 1. The molecule has 0 spiro atoms. The molecule has 1 N–H and O–H groups in total. The van der Waals surface area contributed by atoms with Gasteiger partial charge in [-0.25, -0.2) is 4.98 Å². The van der Waals surface area contributed by atoms with Crippen molar-refractivity contribution in [2.75, 3.05) is 48.3 Å². The molecule has 2 aliphatic rings. The first-order valence-corrected chi connectivity index (χ1v) is 9.34. The van der Waals surface area contributed by atoms with E-state index < -0.39 is 0 Å². The van der Waals surface area contributed by atoms with Gasteiger partial charge in [-0.15, -0.1) is 0 Å². The van der Waals surface area contributed by atoms with E-state index in [-0.39, 0.29) is 0 Å². The van der Waals surface area contributed by atoms with E-state index in [2.05, 4.69) is 33.3 Å². The summed E-state index contributed by atoms with van der Waals surface area (Å²) in [6.07, 6.45) is 7.79. The van der Waals surface area contributed by atoms with Gasteiger partial charge in [0.15, 0.2) is 0 Å². The van der Waals surface area contributed by atoms with E-state index in [0.29, 0.717) is 0 Å². The third-order valence-corrected chi connectivity index (χ3v) is 5.26. The van der Waals surface area contributed by atoms with Crippen molar-refractivity contribution in [3.8, 4) is 0 Å². The number of benzene rings is 1. The molecule has 2 aromatic rings. The summed E-state index contributed by atoms with van der Waals surface area (Å²) in [4.78, 5) is 14.4. The highest BCUT2D eigenvalue weighted by atomic mass is 15.2. The van der Waals surface area contributed by atoms with Crippen molar-refractivity contribution in [1.82, 2.24) is 9.97 Å². The van der Waals surface area contributed by atoms with Crippen molar-refractivity contribution in [2.24, 2.45) is 0 Å². The monoisotopic (exact) mass is 325 g/mol. The molecular weight excluding hydrogens is 298 g/mol. The molecule has 0 saturated carbocycles. The van der Waals surface area contributed by atoms with Gasteiger partial charge in [-0.2, -0.15) is 4.98 Å². The quantitative estimate of drug-likeness (QED) is 0.933. The van der Waals surface area contributed by atoms with Crippen molar-refractivity contribution in [1.29, 1.82) is 0 Å². The predicted octanol–water partition coefficient (Wildman–Crippen LogP) is 3.65. The smallest absolute Gasteiger partial charge is 0.224 e. The molecule has 0 atom stereocenters. The molecule has 128 valence electrons. The van der Waals surface area contributed by atoms with Crippen LogP contribution in [0.4, 0.5) is 17.5 Å². The fraction of sp³-hybridized carbons (Fsp3) is 0.579. The van der Waals surface area contributed by atoms with E-state index in [4.69, 9.17) is 9.97 Å². The molecule has 0 radical (unpaired) electrons. The van der Waals surface area contributed by atoms with E-state index in [1.807, 2.05) is 7.05 Å². The number of hydrogen-bond donors (Lipinski definition) is 1. The first kappa shape index (κ1) is 15.5. The highest BCUT2D eigenvalue weighted by molar-refractivity contribution is 5.92. The Hall–Kier alpha value is -2.04. The van der Waals surface area contributed by atoms with Crippen LogP contribution >= 0.6 is 0 Å². The van der Waals surface area contributed by atoms with Gasteiger partial charge in [0.2, 0.25) is 5.95 Å². The summed E-state index contributed by atoms with van der Waals surface area (Å²) in [6.45, 7) is 4.52. The van der Waals surface area contributed by atoms with E-state index in [0.717, 1.165) is 43.5 Å². The summed E-state index contributed by atoms with van der Waals surface area (Å²) in [5.74, 6) is 1.81. The Kier molecular flexibility index (Phi) is 4.41. The Labute approximate surface area is 144 Å². The summed E-state index contributed by atoms with van der Waals surface area (Å²) in [6, 6.07) is 6.72. The molecule has 5 heteroatoms. The Morgan fingerprint density at radius 2 is 1.50 bits per heavy atom. The van der Waals surface area contributed by atoms with E-state index in [1.165, 1.54) is 49.6 Å². The summed E-state index contributed by atoms with van der Waals surface area (Å²) >= 11 is 0. The number of nitrogens with one attached hydrogen (secondary N) is 1.